The fourth-order valence-corrected chi connectivity index (χ4v) is 2.42. The van der Waals surface area contributed by atoms with Gasteiger partial charge in [0.25, 0.3) is 0 Å². The predicted molar refractivity (Wildman–Crippen MR) is 72.9 cm³/mol. The molecule has 1 unspecified atom stereocenters. The minimum Gasteiger partial charge on any atom is -0.385 e. The number of aryl methyl sites for hydroxylation is 1. The molecule has 0 bridgehead atoms. The lowest BCUT2D eigenvalue weighted by atomic mass is 10.1. The standard InChI is InChI=1S/C14H23N3O/c1-11(8-9-18-2)17-14-12-6-4-3-5-7-13(12)15-10-16-14/h10-11H,3-9H2,1-2H3,(H,15,16,17). The molecule has 0 radical (unpaired) electrons. The van der Waals surface area contributed by atoms with Gasteiger partial charge < -0.3 is 10.1 Å². The average Bonchev–Trinajstić information content (AvgIpc) is 2.62. The highest BCUT2D eigenvalue weighted by Gasteiger charge is 2.15. The fourth-order valence-electron chi connectivity index (χ4n) is 2.42. The Morgan fingerprint density at radius 2 is 2.11 bits per heavy atom. The van der Waals surface area contributed by atoms with Gasteiger partial charge in [0, 0.05) is 31.0 Å². The Hall–Kier alpha value is -1.16. The zero-order valence-corrected chi connectivity index (χ0v) is 11.4. The van der Waals surface area contributed by atoms with E-state index in [1.807, 2.05) is 0 Å². The first-order valence-electron chi connectivity index (χ1n) is 6.89. The summed E-state index contributed by atoms with van der Waals surface area (Å²) >= 11 is 0. The number of hydrogen-bond acceptors (Lipinski definition) is 4. The molecule has 4 nitrogen and oxygen atoms in total. The summed E-state index contributed by atoms with van der Waals surface area (Å²) in [6.45, 7) is 2.95. The Morgan fingerprint density at radius 3 is 2.94 bits per heavy atom. The maximum absolute atomic E-state index is 5.11. The zero-order valence-electron chi connectivity index (χ0n) is 11.4. The van der Waals surface area contributed by atoms with E-state index in [2.05, 4.69) is 22.2 Å². The third kappa shape index (κ3) is 3.42. The third-order valence-corrected chi connectivity index (χ3v) is 3.51. The Kier molecular flexibility index (Phi) is 4.93. The number of nitrogens with zero attached hydrogens (tertiary/aromatic N) is 2. The molecule has 1 aromatic heterocycles. The van der Waals surface area contributed by atoms with Crippen molar-refractivity contribution in [3.05, 3.63) is 17.6 Å². The van der Waals surface area contributed by atoms with Gasteiger partial charge in [-0.25, -0.2) is 9.97 Å². The van der Waals surface area contributed by atoms with E-state index in [1.54, 1.807) is 13.4 Å². The number of aromatic nitrogens is 2. The molecule has 2 rings (SSSR count). The summed E-state index contributed by atoms with van der Waals surface area (Å²) in [6.07, 6.45) is 8.69. The summed E-state index contributed by atoms with van der Waals surface area (Å²) in [5.74, 6) is 1.03. The van der Waals surface area contributed by atoms with Gasteiger partial charge in [-0.3, -0.25) is 0 Å². The second-order valence-corrected chi connectivity index (χ2v) is 5.04. The number of nitrogens with one attached hydrogen (secondary N) is 1. The molecule has 1 aliphatic carbocycles. The molecule has 0 aliphatic heterocycles. The maximum atomic E-state index is 5.11. The van der Waals surface area contributed by atoms with E-state index in [0.29, 0.717) is 6.04 Å². The number of rotatable bonds is 5. The van der Waals surface area contributed by atoms with Crippen LogP contribution in [0.4, 0.5) is 5.82 Å². The van der Waals surface area contributed by atoms with Crippen molar-refractivity contribution >= 4 is 5.82 Å². The number of ether oxygens (including phenoxy) is 1. The van der Waals surface area contributed by atoms with Crippen LogP contribution in [0.15, 0.2) is 6.33 Å². The van der Waals surface area contributed by atoms with Crippen LogP contribution >= 0.6 is 0 Å². The van der Waals surface area contributed by atoms with E-state index >= 15 is 0 Å². The molecule has 0 aromatic carbocycles. The average molecular weight is 249 g/mol. The van der Waals surface area contributed by atoms with Crippen molar-refractivity contribution in [1.82, 2.24) is 9.97 Å². The van der Waals surface area contributed by atoms with Gasteiger partial charge in [0.05, 0.1) is 0 Å². The van der Waals surface area contributed by atoms with Crippen molar-refractivity contribution in [2.75, 3.05) is 19.0 Å². The van der Waals surface area contributed by atoms with E-state index in [-0.39, 0.29) is 0 Å². The first-order chi connectivity index (χ1) is 8.81. The topological polar surface area (TPSA) is 47.0 Å². The molecular formula is C14H23N3O. The normalized spacial score (nSPS) is 16.8. The van der Waals surface area contributed by atoms with Crippen molar-refractivity contribution in [2.24, 2.45) is 0 Å². The first kappa shape index (κ1) is 13.3. The highest BCUT2D eigenvalue weighted by atomic mass is 16.5. The maximum Gasteiger partial charge on any atom is 0.133 e. The lowest BCUT2D eigenvalue weighted by molar-refractivity contribution is 0.191. The summed E-state index contributed by atoms with van der Waals surface area (Å²) in [4.78, 5) is 8.85. The summed E-state index contributed by atoms with van der Waals surface area (Å²) in [6, 6.07) is 0.382. The number of fused-ring (bicyclic) bond motifs is 1. The Labute approximate surface area is 109 Å². The lowest BCUT2D eigenvalue weighted by Crippen LogP contribution is -2.19. The van der Waals surface area contributed by atoms with E-state index in [9.17, 15) is 0 Å². The van der Waals surface area contributed by atoms with Gasteiger partial charge >= 0.3 is 0 Å². The largest absolute Gasteiger partial charge is 0.385 e. The monoisotopic (exact) mass is 249 g/mol. The molecule has 0 saturated heterocycles. The Bertz CT molecular complexity index is 381. The van der Waals surface area contributed by atoms with Gasteiger partial charge in [0.1, 0.15) is 12.1 Å². The van der Waals surface area contributed by atoms with Crippen molar-refractivity contribution < 1.29 is 4.74 Å². The number of methoxy groups -OCH3 is 1. The number of hydrogen-bond donors (Lipinski definition) is 1. The van der Waals surface area contributed by atoms with Crippen molar-refractivity contribution in [3.8, 4) is 0 Å². The van der Waals surface area contributed by atoms with Crippen LogP contribution in [0.25, 0.3) is 0 Å². The molecule has 1 atom stereocenters. The van der Waals surface area contributed by atoms with Gasteiger partial charge in [-0.2, -0.15) is 0 Å². The van der Waals surface area contributed by atoms with Gasteiger partial charge in [0.15, 0.2) is 0 Å². The predicted octanol–water partition coefficient (Wildman–Crippen LogP) is 2.58. The highest BCUT2D eigenvalue weighted by Crippen LogP contribution is 2.24. The van der Waals surface area contributed by atoms with Gasteiger partial charge in [-0.15, -0.1) is 0 Å². The molecule has 4 heteroatoms. The summed E-state index contributed by atoms with van der Waals surface area (Å²) in [5, 5.41) is 3.50. The molecule has 100 valence electrons. The van der Waals surface area contributed by atoms with Gasteiger partial charge in [0.2, 0.25) is 0 Å². The molecule has 1 aliphatic rings. The van der Waals surface area contributed by atoms with E-state index in [1.165, 1.54) is 30.5 Å². The smallest absolute Gasteiger partial charge is 0.133 e. The molecule has 0 amide bonds. The van der Waals surface area contributed by atoms with Crippen molar-refractivity contribution in [2.45, 2.75) is 51.5 Å². The van der Waals surface area contributed by atoms with Crippen molar-refractivity contribution in [1.29, 1.82) is 0 Å². The van der Waals surface area contributed by atoms with Crippen LogP contribution in [0.1, 0.15) is 43.9 Å². The van der Waals surface area contributed by atoms with Crippen LogP contribution in [0, 0.1) is 0 Å². The minimum absolute atomic E-state index is 0.382. The fraction of sp³-hybridized carbons (Fsp3) is 0.714. The van der Waals surface area contributed by atoms with E-state index in [4.69, 9.17) is 4.74 Å². The third-order valence-electron chi connectivity index (χ3n) is 3.51. The van der Waals surface area contributed by atoms with Crippen LogP contribution in [-0.4, -0.2) is 29.7 Å². The quantitative estimate of drug-likeness (QED) is 0.815. The zero-order chi connectivity index (χ0) is 12.8. The molecule has 1 N–H and O–H groups in total. The molecule has 0 spiro atoms. The van der Waals surface area contributed by atoms with E-state index in [0.717, 1.165) is 31.7 Å². The summed E-state index contributed by atoms with van der Waals surface area (Å²) in [5.41, 5.74) is 2.57. The molecular weight excluding hydrogens is 226 g/mol. The van der Waals surface area contributed by atoms with Crippen LogP contribution in [0.5, 0.6) is 0 Å². The lowest BCUT2D eigenvalue weighted by Gasteiger charge is -2.17. The van der Waals surface area contributed by atoms with Gasteiger partial charge in [-0.1, -0.05) is 6.42 Å². The Balaban J connectivity index is 2.08. The second-order valence-electron chi connectivity index (χ2n) is 5.04. The Morgan fingerprint density at radius 1 is 1.28 bits per heavy atom. The summed E-state index contributed by atoms with van der Waals surface area (Å²) in [7, 11) is 1.74. The van der Waals surface area contributed by atoms with Crippen molar-refractivity contribution in [3.63, 3.8) is 0 Å². The first-order valence-corrected chi connectivity index (χ1v) is 6.89. The highest BCUT2D eigenvalue weighted by molar-refractivity contribution is 5.47. The van der Waals surface area contributed by atoms with Crippen LogP contribution < -0.4 is 5.32 Å². The molecule has 1 aromatic rings. The molecule has 18 heavy (non-hydrogen) atoms. The van der Waals surface area contributed by atoms with Crippen LogP contribution in [-0.2, 0) is 17.6 Å². The summed E-state index contributed by atoms with van der Waals surface area (Å²) < 4.78 is 5.11. The minimum atomic E-state index is 0.382. The molecule has 0 saturated carbocycles. The van der Waals surface area contributed by atoms with E-state index < -0.39 is 0 Å². The van der Waals surface area contributed by atoms with Crippen LogP contribution in [0.2, 0.25) is 0 Å². The van der Waals surface area contributed by atoms with Gasteiger partial charge in [-0.05, 0) is 39.0 Å². The molecule has 1 heterocycles. The molecule has 0 fully saturated rings. The number of anilines is 1. The SMILES string of the molecule is COCCC(C)Nc1ncnc2c1CCCCC2. The second kappa shape index (κ2) is 6.69. The van der Waals surface area contributed by atoms with Crippen LogP contribution in [0.3, 0.4) is 0 Å².